The molecule has 0 amide bonds. The summed E-state index contributed by atoms with van der Waals surface area (Å²) in [6.07, 6.45) is -6.04. The Balaban J connectivity index is 2.94. The number of rotatable bonds is 3. The monoisotopic (exact) mass is 236 g/mol. The molecule has 16 heavy (non-hydrogen) atoms. The predicted molar refractivity (Wildman–Crippen MR) is 47.4 cm³/mol. The van der Waals surface area contributed by atoms with Crippen molar-refractivity contribution in [3.63, 3.8) is 0 Å². The van der Waals surface area contributed by atoms with Crippen LogP contribution >= 0.6 is 0 Å². The van der Waals surface area contributed by atoms with Crippen molar-refractivity contribution in [1.82, 2.24) is 0 Å². The summed E-state index contributed by atoms with van der Waals surface area (Å²) < 4.78 is 48.8. The summed E-state index contributed by atoms with van der Waals surface area (Å²) in [7, 11) is 0. The van der Waals surface area contributed by atoms with E-state index in [1.54, 1.807) is 0 Å². The molecular weight excluding hydrogens is 228 g/mol. The number of benzene rings is 1. The molecule has 0 spiro atoms. The summed E-state index contributed by atoms with van der Waals surface area (Å²) in [6.45, 7) is 0. The van der Waals surface area contributed by atoms with Crippen LogP contribution in [-0.2, 0) is 4.79 Å². The van der Waals surface area contributed by atoms with E-state index >= 15 is 0 Å². The van der Waals surface area contributed by atoms with Crippen LogP contribution in [0.2, 0.25) is 0 Å². The molecule has 0 unspecified atom stereocenters. The van der Waals surface area contributed by atoms with Crippen molar-refractivity contribution in [3.05, 3.63) is 35.6 Å². The van der Waals surface area contributed by atoms with Crippen molar-refractivity contribution in [2.45, 2.75) is 18.5 Å². The molecule has 0 fully saturated rings. The lowest BCUT2D eigenvalue weighted by Gasteiger charge is -2.14. The molecule has 0 aliphatic rings. The Morgan fingerprint density at radius 2 is 1.75 bits per heavy atom. The van der Waals surface area contributed by atoms with E-state index in [2.05, 4.69) is 0 Å². The Morgan fingerprint density at radius 3 is 2.12 bits per heavy atom. The third-order valence-electron chi connectivity index (χ3n) is 2.01. The second-order valence-corrected chi connectivity index (χ2v) is 3.26. The molecule has 2 nitrogen and oxygen atoms in total. The summed E-state index contributed by atoms with van der Waals surface area (Å²) in [4.78, 5) is 10.7. The minimum Gasteiger partial charge on any atom is -0.481 e. The van der Waals surface area contributed by atoms with Crippen molar-refractivity contribution in [1.29, 1.82) is 0 Å². The van der Waals surface area contributed by atoms with Gasteiger partial charge in [-0.15, -0.1) is 0 Å². The third kappa shape index (κ3) is 3.52. The number of carbonyl (C=O) groups is 1. The van der Waals surface area contributed by atoms with Crippen molar-refractivity contribution >= 4 is 5.97 Å². The molecular formula is C10H8F4O2. The van der Waals surface area contributed by atoms with E-state index in [9.17, 15) is 22.4 Å². The van der Waals surface area contributed by atoms with E-state index in [1.807, 2.05) is 0 Å². The highest BCUT2D eigenvalue weighted by Gasteiger charge is 2.36. The number of hydrogen-bond donors (Lipinski definition) is 1. The summed E-state index contributed by atoms with van der Waals surface area (Å²) >= 11 is 0. The van der Waals surface area contributed by atoms with Gasteiger partial charge in [0.2, 0.25) is 0 Å². The van der Waals surface area contributed by atoms with Crippen molar-refractivity contribution in [2.75, 3.05) is 0 Å². The van der Waals surface area contributed by atoms with E-state index in [1.165, 1.54) is 0 Å². The zero-order valence-electron chi connectivity index (χ0n) is 7.96. The van der Waals surface area contributed by atoms with Gasteiger partial charge < -0.3 is 5.11 Å². The second kappa shape index (κ2) is 4.51. The number of carboxylic acids is 1. The van der Waals surface area contributed by atoms with Gasteiger partial charge in [-0.3, -0.25) is 4.79 Å². The fourth-order valence-electron chi connectivity index (χ4n) is 1.27. The molecule has 0 heterocycles. The third-order valence-corrected chi connectivity index (χ3v) is 2.01. The summed E-state index contributed by atoms with van der Waals surface area (Å²) in [5.74, 6) is -3.90. The Hall–Kier alpha value is -1.59. The molecule has 0 aliphatic carbocycles. The summed E-state index contributed by atoms with van der Waals surface area (Å²) in [5.41, 5.74) is -0.0637. The van der Waals surface area contributed by atoms with Crippen LogP contribution in [0.1, 0.15) is 17.9 Å². The molecule has 88 valence electrons. The molecule has 6 heteroatoms. The largest absolute Gasteiger partial charge is 0.481 e. The fraction of sp³-hybridized carbons (Fsp3) is 0.300. The SMILES string of the molecule is O=C(O)[C@@H](CC(F)(F)F)c1ccc(F)cc1. The number of halogens is 4. The highest BCUT2D eigenvalue weighted by molar-refractivity contribution is 5.76. The maximum atomic E-state index is 12.5. The van der Waals surface area contributed by atoms with Crippen LogP contribution in [-0.4, -0.2) is 17.3 Å². The maximum absolute atomic E-state index is 12.5. The van der Waals surface area contributed by atoms with E-state index < -0.39 is 30.3 Å². The Labute approximate surface area is 88.5 Å². The molecule has 0 radical (unpaired) electrons. The van der Waals surface area contributed by atoms with Gasteiger partial charge in [0, 0.05) is 0 Å². The molecule has 0 saturated carbocycles. The average molecular weight is 236 g/mol. The van der Waals surface area contributed by atoms with Crippen molar-refractivity contribution < 1.29 is 27.5 Å². The fourth-order valence-corrected chi connectivity index (χ4v) is 1.27. The van der Waals surface area contributed by atoms with Gasteiger partial charge in [0.05, 0.1) is 12.3 Å². The Bertz CT molecular complexity index is 369. The van der Waals surface area contributed by atoms with Gasteiger partial charge in [-0.25, -0.2) is 4.39 Å². The van der Waals surface area contributed by atoms with Crippen molar-refractivity contribution in [2.24, 2.45) is 0 Å². The van der Waals surface area contributed by atoms with Crippen LogP contribution in [0.3, 0.4) is 0 Å². The number of hydrogen-bond acceptors (Lipinski definition) is 1. The number of aliphatic carboxylic acids is 1. The minimum atomic E-state index is -4.57. The Morgan fingerprint density at radius 1 is 1.25 bits per heavy atom. The summed E-state index contributed by atoms with van der Waals surface area (Å²) in [6, 6.07) is 3.95. The molecule has 0 bridgehead atoms. The quantitative estimate of drug-likeness (QED) is 0.819. The topological polar surface area (TPSA) is 37.3 Å². The van der Waals surface area contributed by atoms with Gasteiger partial charge in [0.25, 0.3) is 0 Å². The van der Waals surface area contributed by atoms with Crippen LogP contribution in [0.25, 0.3) is 0 Å². The molecule has 1 N–H and O–H groups in total. The van der Waals surface area contributed by atoms with Crippen LogP contribution in [0.15, 0.2) is 24.3 Å². The lowest BCUT2D eigenvalue weighted by atomic mass is 9.96. The van der Waals surface area contributed by atoms with Gasteiger partial charge in [-0.2, -0.15) is 13.2 Å². The van der Waals surface area contributed by atoms with Gasteiger partial charge in [0.15, 0.2) is 0 Å². The van der Waals surface area contributed by atoms with Crippen LogP contribution in [0.5, 0.6) is 0 Å². The van der Waals surface area contributed by atoms with Gasteiger partial charge >= 0.3 is 12.1 Å². The molecule has 1 atom stereocenters. The first-order valence-electron chi connectivity index (χ1n) is 4.34. The Kier molecular flexibility index (Phi) is 3.51. The summed E-state index contributed by atoms with van der Waals surface area (Å²) in [5, 5.41) is 8.67. The molecule has 1 rings (SSSR count). The molecule has 0 aliphatic heterocycles. The van der Waals surface area contributed by atoms with E-state index in [4.69, 9.17) is 5.11 Å². The first-order valence-corrected chi connectivity index (χ1v) is 4.34. The van der Waals surface area contributed by atoms with E-state index in [0.29, 0.717) is 0 Å². The molecule has 1 aromatic rings. The first kappa shape index (κ1) is 12.5. The zero-order valence-corrected chi connectivity index (χ0v) is 7.96. The highest BCUT2D eigenvalue weighted by Crippen LogP contribution is 2.31. The first-order chi connectivity index (χ1) is 7.29. The average Bonchev–Trinajstić information content (AvgIpc) is 2.14. The molecule has 0 saturated heterocycles. The smallest absolute Gasteiger partial charge is 0.390 e. The highest BCUT2D eigenvalue weighted by atomic mass is 19.4. The van der Waals surface area contributed by atoms with Crippen LogP contribution in [0, 0.1) is 5.82 Å². The zero-order chi connectivity index (χ0) is 12.3. The minimum absolute atomic E-state index is 0.0637. The predicted octanol–water partition coefficient (Wildman–Crippen LogP) is 2.95. The molecule has 1 aromatic carbocycles. The van der Waals surface area contributed by atoms with E-state index in [0.717, 1.165) is 24.3 Å². The number of carboxylic acid groups (broad SMARTS) is 1. The van der Waals surface area contributed by atoms with Gasteiger partial charge in [-0.05, 0) is 17.7 Å². The van der Waals surface area contributed by atoms with Gasteiger partial charge in [0.1, 0.15) is 5.82 Å². The maximum Gasteiger partial charge on any atom is 0.390 e. The van der Waals surface area contributed by atoms with Crippen LogP contribution in [0.4, 0.5) is 17.6 Å². The van der Waals surface area contributed by atoms with E-state index in [-0.39, 0.29) is 5.56 Å². The van der Waals surface area contributed by atoms with Gasteiger partial charge in [-0.1, -0.05) is 12.1 Å². The van der Waals surface area contributed by atoms with Crippen molar-refractivity contribution in [3.8, 4) is 0 Å². The molecule has 0 aromatic heterocycles. The lowest BCUT2D eigenvalue weighted by molar-refractivity contribution is -0.157. The second-order valence-electron chi connectivity index (χ2n) is 3.26. The normalized spacial score (nSPS) is 13.5. The number of alkyl halides is 3. The lowest BCUT2D eigenvalue weighted by Crippen LogP contribution is -2.20. The standard InChI is InChI=1S/C10H8F4O2/c11-7-3-1-6(2-4-7)8(9(15)16)5-10(12,13)14/h1-4,8H,5H2,(H,15,16)/t8-/m0/s1. The van der Waals surface area contributed by atoms with Crippen LogP contribution < -0.4 is 0 Å².